The Balaban J connectivity index is 3.42. The van der Waals surface area contributed by atoms with Crippen LogP contribution in [-0.4, -0.2) is 19.2 Å². The zero-order valence-electron chi connectivity index (χ0n) is 7.83. The summed E-state index contributed by atoms with van der Waals surface area (Å²) >= 11 is 5.83. The third-order valence-corrected chi connectivity index (χ3v) is 2.08. The molecule has 0 aromatic heterocycles. The monoisotopic (exact) mass is 212 g/mol. The Bertz CT molecular complexity index is 385. The van der Waals surface area contributed by atoms with Crippen LogP contribution in [-0.2, 0) is 0 Å². The van der Waals surface area contributed by atoms with E-state index in [1.54, 1.807) is 0 Å². The number of aldehydes is 1. The molecule has 0 spiro atoms. The first-order valence-electron chi connectivity index (χ1n) is 3.93. The molecule has 0 bridgehead atoms. The fourth-order valence-corrected chi connectivity index (χ4v) is 1.52. The van der Waals surface area contributed by atoms with Gasteiger partial charge in [-0.1, -0.05) is 11.6 Å². The number of halogens is 1. The molecule has 0 fully saturated rings. The number of carbonyl (C=O) groups is 2. The molecule has 0 unspecified atom stereocenters. The number of carbonyl (C=O) groups excluding carboxylic acids is 2. The minimum atomic E-state index is -0.190. The van der Waals surface area contributed by atoms with Gasteiger partial charge in [-0.15, -0.1) is 0 Å². The van der Waals surface area contributed by atoms with Crippen molar-refractivity contribution in [3.63, 3.8) is 0 Å². The standard InChI is InChI=1S/C10H9ClO3/c1-6(13)10-8(11)3-7(5-12)4-9(10)14-2/h3-5H,1-2H3. The van der Waals surface area contributed by atoms with E-state index in [9.17, 15) is 9.59 Å². The zero-order valence-corrected chi connectivity index (χ0v) is 8.59. The van der Waals surface area contributed by atoms with E-state index >= 15 is 0 Å². The van der Waals surface area contributed by atoms with Crippen molar-refractivity contribution in [3.05, 3.63) is 28.3 Å². The molecule has 0 aliphatic carbocycles. The molecular weight excluding hydrogens is 204 g/mol. The van der Waals surface area contributed by atoms with Crippen molar-refractivity contribution in [3.8, 4) is 5.75 Å². The van der Waals surface area contributed by atoms with E-state index in [4.69, 9.17) is 16.3 Å². The molecular formula is C10H9ClO3. The molecule has 0 N–H and O–H groups in total. The molecule has 1 rings (SSSR count). The Labute approximate surface area is 86.6 Å². The van der Waals surface area contributed by atoms with Crippen molar-refractivity contribution in [2.75, 3.05) is 7.11 Å². The van der Waals surface area contributed by atoms with Gasteiger partial charge in [0.25, 0.3) is 0 Å². The highest BCUT2D eigenvalue weighted by molar-refractivity contribution is 6.34. The highest BCUT2D eigenvalue weighted by Gasteiger charge is 2.13. The van der Waals surface area contributed by atoms with Crippen LogP contribution in [0.5, 0.6) is 5.75 Å². The minimum Gasteiger partial charge on any atom is -0.496 e. The molecule has 0 radical (unpaired) electrons. The molecule has 4 heteroatoms. The van der Waals surface area contributed by atoms with Crippen molar-refractivity contribution >= 4 is 23.7 Å². The van der Waals surface area contributed by atoms with Crippen LogP contribution in [0.1, 0.15) is 27.6 Å². The Kier molecular flexibility index (Phi) is 3.25. The third-order valence-electron chi connectivity index (χ3n) is 1.78. The molecule has 0 saturated carbocycles. The molecule has 0 aliphatic rings. The quantitative estimate of drug-likeness (QED) is 0.571. The average molecular weight is 213 g/mol. The van der Waals surface area contributed by atoms with Crippen LogP contribution in [0.4, 0.5) is 0 Å². The van der Waals surface area contributed by atoms with Crippen LogP contribution < -0.4 is 4.74 Å². The van der Waals surface area contributed by atoms with Gasteiger partial charge in [0, 0.05) is 5.56 Å². The van der Waals surface area contributed by atoms with E-state index in [0.717, 1.165) is 0 Å². The van der Waals surface area contributed by atoms with Crippen molar-refractivity contribution < 1.29 is 14.3 Å². The van der Waals surface area contributed by atoms with E-state index in [-0.39, 0.29) is 10.8 Å². The van der Waals surface area contributed by atoms with Gasteiger partial charge in [-0.25, -0.2) is 0 Å². The number of benzene rings is 1. The molecule has 74 valence electrons. The van der Waals surface area contributed by atoms with Crippen LogP contribution in [0.15, 0.2) is 12.1 Å². The van der Waals surface area contributed by atoms with Gasteiger partial charge in [0.15, 0.2) is 5.78 Å². The highest BCUT2D eigenvalue weighted by Crippen LogP contribution is 2.28. The predicted molar refractivity (Wildman–Crippen MR) is 53.4 cm³/mol. The maximum absolute atomic E-state index is 11.2. The Morgan fingerprint density at radius 3 is 2.57 bits per heavy atom. The summed E-state index contributed by atoms with van der Waals surface area (Å²) in [4.78, 5) is 21.7. The van der Waals surface area contributed by atoms with Gasteiger partial charge >= 0.3 is 0 Å². The van der Waals surface area contributed by atoms with Crippen LogP contribution in [0.2, 0.25) is 5.02 Å². The van der Waals surface area contributed by atoms with Crippen molar-refractivity contribution in [2.24, 2.45) is 0 Å². The number of methoxy groups -OCH3 is 1. The van der Waals surface area contributed by atoms with Crippen LogP contribution in [0.3, 0.4) is 0 Å². The Morgan fingerprint density at radius 2 is 2.14 bits per heavy atom. The summed E-state index contributed by atoms with van der Waals surface area (Å²) in [6, 6.07) is 2.92. The van der Waals surface area contributed by atoms with Gasteiger partial charge in [-0.05, 0) is 19.1 Å². The second-order valence-electron chi connectivity index (χ2n) is 2.75. The maximum atomic E-state index is 11.2. The summed E-state index contributed by atoms with van der Waals surface area (Å²) in [5.74, 6) is 0.136. The molecule has 0 saturated heterocycles. The summed E-state index contributed by atoms with van der Waals surface area (Å²) < 4.78 is 4.97. The molecule has 0 heterocycles. The number of rotatable bonds is 3. The predicted octanol–water partition coefficient (Wildman–Crippen LogP) is 2.36. The second-order valence-corrected chi connectivity index (χ2v) is 3.16. The van der Waals surface area contributed by atoms with Gasteiger partial charge in [0.05, 0.1) is 17.7 Å². The lowest BCUT2D eigenvalue weighted by atomic mass is 10.1. The number of hydrogen-bond donors (Lipinski definition) is 0. The fourth-order valence-electron chi connectivity index (χ4n) is 1.17. The Morgan fingerprint density at radius 1 is 1.50 bits per heavy atom. The highest BCUT2D eigenvalue weighted by atomic mass is 35.5. The average Bonchev–Trinajstić information content (AvgIpc) is 2.15. The van der Waals surface area contributed by atoms with E-state index in [1.165, 1.54) is 26.2 Å². The van der Waals surface area contributed by atoms with E-state index in [2.05, 4.69) is 0 Å². The first-order valence-corrected chi connectivity index (χ1v) is 4.31. The molecule has 1 aromatic rings. The number of ketones is 1. The zero-order chi connectivity index (χ0) is 10.7. The molecule has 1 aromatic carbocycles. The number of ether oxygens (including phenoxy) is 1. The lowest BCUT2D eigenvalue weighted by Crippen LogP contribution is -2.00. The SMILES string of the molecule is COc1cc(C=O)cc(Cl)c1C(C)=O. The summed E-state index contributed by atoms with van der Waals surface area (Å²) in [5, 5.41) is 0.235. The smallest absolute Gasteiger partial charge is 0.165 e. The molecule has 0 atom stereocenters. The van der Waals surface area contributed by atoms with Gasteiger partial charge in [-0.2, -0.15) is 0 Å². The third kappa shape index (κ3) is 1.93. The number of Topliss-reactive ketones (excluding diaryl/α,β-unsaturated/α-hetero) is 1. The normalized spacial score (nSPS) is 9.64. The Hall–Kier alpha value is -1.35. The first kappa shape index (κ1) is 10.7. The van der Waals surface area contributed by atoms with Gasteiger partial charge in [0.2, 0.25) is 0 Å². The van der Waals surface area contributed by atoms with Gasteiger partial charge < -0.3 is 4.74 Å². The molecule has 0 aliphatic heterocycles. The maximum Gasteiger partial charge on any atom is 0.165 e. The van der Waals surface area contributed by atoms with E-state index < -0.39 is 0 Å². The second kappa shape index (κ2) is 4.24. The summed E-state index contributed by atoms with van der Waals surface area (Å²) in [5.41, 5.74) is 0.691. The fraction of sp³-hybridized carbons (Fsp3) is 0.200. The van der Waals surface area contributed by atoms with Crippen LogP contribution in [0.25, 0.3) is 0 Å². The van der Waals surface area contributed by atoms with E-state index in [0.29, 0.717) is 23.2 Å². The van der Waals surface area contributed by atoms with E-state index in [1.807, 2.05) is 0 Å². The van der Waals surface area contributed by atoms with Crippen LogP contribution in [0, 0.1) is 0 Å². The van der Waals surface area contributed by atoms with Crippen molar-refractivity contribution in [1.82, 2.24) is 0 Å². The minimum absolute atomic E-state index is 0.190. The summed E-state index contributed by atoms with van der Waals surface area (Å²) in [6.07, 6.45) is 0.651. The van der Waals surface area contributed by atoms with Crippen molar-refractivity contribution in [1.29, 1.82) is 0 Å². The topological polar surface area (TPSA) is 43.4 Å². The lowest BCUT2D eigenvalue weighted by molar-refractivity contribution is 0.101. The van der Waals surface area contributed by atoms with Crippen LogP contribution >= 0.6 is 11.6 Å². The lowest BCUT2D eigenvalue weighted by Gasteiger charge is -2.08. The van der Waals surface area contributed by atoms with Gasteiger partial charge in [-0.3, -0.25) is 9.59 Å². The molecule has 3 nitrogen and oxygen atoms in total. The molecule has 14 heavy (non-hydrogen) atoms. The summed E-state index contributed by atoms with van der Waals surface area (Å²) in [7, 11) is 1.42. The van der Waals surface area contributed by atoms with Crippen molar-refractivity contribution in [2.45, 2.75) is 6.92 Å². The van der Waals surface area contributed by atoms with Gasteiger partial charge in [0.1, 0.15) is 12.0 Å². The molecule has 0 amide bonds. The number of hydrogen-bond acceptors (Lipinski definition) is 3. The largest absolute Gasteiger partial charge is 0.496 e. The first-order chi connectivity index (χ1) is 6.60. The summed E-state index contributed by atoms with van der Waals surface area (Å²) in [6.45, 7) is 1.39.